The first kappa shape index (κ1) is 17.4. The van der Waals surface area contributed by atoms with Crippen LogP contribution in [0.5, 0.6) is 0 Å². The van der Waals surface area contributed by atoms with E-state index in [9.17, 15) is 9.90 Å². The van der Waals surface area contributed by atoms with Gasteiger partial charge in [-0.15, -0.1) is 0 Å². The Morgan fingerprint density at radius 2 is 2.12 bits per heavy atom. The van der Waals surface area contributed by atoms with Gasteiger partial charge in [0, 0.05) is 31.9 Å². The van der Waals surface area contributed by atoms with Crippen LogP contribution in [0.3, 0.4) is 0 Å². The lowest BCUT2D eigenvalue weighted by Gasteiger charge is -2.30. The smallest absolute Gasteiger partial charge is 0.254 e. The number of piperidine rings is 1. The third-order valence-electron chi connectivity index (χ3n) is 4.56. The van der Waals surface area contributed by atoms with Crippen LogP contribution in [0.4, 0.5) is 5.82 Å². The van der Waals surface area contributed by atoms with Crippen LogP contribution >= 0.6 is 0 Å². The van der Waals surface area contributed by atoms with Crippen molar-refractivity contribution in [1.29, 1.82) is 0 Å². The van der Waals surface area contributed by atoms with E-state index in [1.165, 1.54) is 5.56 Å². The molecule has 1 fully saturated rings. The van der Waals surface area contributed by atoms with Gasteiger partial charge in [-0.1, -0.05) is 24.3 Å². The van der Waals surface area contributed by atoms with Gasteiger partial charge in [0.25, 0.3) is 5.91 Å². The van der Waals surface area contributed by atoms with Crippen molar-refractivity contribution in [2.75, 3.05) is 25.9 Å². The SMILES string of the molecule is CNC(=O)c1cc(-c2ccc(CN3CCCC(O)C3)cc2)cnc1N. The summed E-state index contributed by atoms with van der Waals surface area (Å²) >= 11 is 0. The number of aliphatic hydroxyl groups excluding tert-OH is 1. The molecule has 1 unspecified atom stereocenters. The molecule has 0 spiro atoms. The first-order valence-electron chi connectivity index (χ1n) is 8.54. The van der Waals surface area contributed by atoms with Gasteiger partial charge < -0.3 is 16.2 Å². The van der Waals surface area contributed by atoms with Crippen LogP contribution in [0.2, 0.25) is 0 Å². The number of carbonyl (C=O) groups is 1. The Bertz CT molecular complexity index is 746. The number of anilines is 1. The van der Waals surface area contributed by atoms with Crippen molar-refractivity contribution in [2.24, 2.45) is 0 Å². The Balaban J connectivity index is 1.75. The van der Waals surface area contributed by atoms with E-state index in [-0.39, 0.29) is 17.8 Å². The highest BCUT2D eigenvalue weighted by atomic mass is 16.3. The molecule has 1 atom stereocenters. The van der Waals surface area contributed by atoms with Crippen LogP contribution in [0.25, 0.3) is 11.1 Å². The molecule has 1 aromatic heterocycles. The maximum Gasteiger partial charge on any atom is 0.254 e. The summed E-state index contributed by atoms with van der Waals surface area (Å²) in [6.07, 6.45) is 3.40. The van der Waals surface area contributed by atoms with E-state index in [1.807, 2.05) is 12.1 Å². The summed E-state index contributed by atoms with van der Waals surface area (Å²) < 4.78 is 0. The Labute approximate surface area is 147 Å². The Morgan fingerprint density at radius 1 is 1.36 bits per heavy atom. The highest BCUT2D eigenvalue weighted by molar-refractivity contribution is 5.99. The lowest BCUT2D eigenvalue weighted by Crippen LogP contribution is -2.37. The van der Waals surface area contributed by atoms with Crippen LogP contribution in [0.1, 0.15) is 28.8 Å². The number of rotatable bonds is 4. The summed E-state index contributed by atoms with van der Waals surface area (Å²) in [5.41, 5.74) is 9.21. The summed E-state index contributed by atoms with van der Waals surface area (Å²) in [6.45, 7) is 2.59. The van der Waals surface area contributed by atoms with Gasteiger partial charge in [-0.25, -0.2) is 4.98 Å². The maximum absolute atomic E-state index is 11.9. The predicted molar refractivity (Wildman–Crippen MR) is 98.0 cm³/mol. The van der Waals surface area contributed by atoms with E-state index >= 15 is 0 Å². The number of nitrogens with two attached hydrogens (primary N) is 1. The maximum atomic E-state index is 11.9. The van der Waals surface area contributed by atoms with Crippen molar-refractivity contribution in [3.8, 4) is 11.1 Å². The van der Waals surface area contributed by atoms with Gasteiger partial charge in [0.2, 0.25) is 0 Å². The van der Waals surface area contributed by atoms with Gasteiger partial charge in [-0.2, -0.15) is 0 Å². The number of nitrogens with zero attached hydrogens (tertiary/aromatic N) is 2. The summed E-state index contributed by atoms with van der Waals surface area (Å²) in [5.74, 6) is -0.0181. The van der Waals surface area contributed by atoms with Crippen molar-refractivity contribution in [3.63, 3.8) is 0 Å². The molecule has 4 N–H and O–H groups in total. The standard InChI is InChI=1S/C19H24N4O2/c1-21-19(25)17-9-15(10-22-18(17)20)14-6-4-13(5-7-14)11-23-8-2-3-16(24)12-23/h4-7,9-10,16,24H,2-3,8,11-12H2,1H3,(H2,20,22)(H,21,25). The number of likely N-dealkylation sites (tertiary alicyclic amines) is 1. The summed E-state index contributed by atoms with van der Waals surface area (Å²) in [4.78, 5) is 18.3. The number of nitrogen functional groups attached to an aromatic ring is 1. The largest absolute Gasteiger partial charge is 0.392 e. The van der Waals surface area contributed by atoms with Crippen LogP contribution < -0.4 is 11.1 Å². The number of aromatic nitrogens is 1. The van der Waals surface area contributed by atoms with E-state index in [0.29, 0.717) is 5.56 Å². The highest BCUT2D eigenvalue weighted by Gasteiger charge is 2.17. The zero-order valence-electron chi connectivity index (χ0n) is 14.4. The molecule has 1 aliphatic rings. The number of hydrogen-bond donors (Lipinski definition) is 3. The molecular weight excluding hydrogens is 316 g/mol. The van der Waals surface area contributed by atoms with Gasteiger partial charge in [-0.05, 0) is 36.6 Å². The Hall–Kier alpha value is -2.44. The molecule has 2 heterocycles. The molecule has 1 aromatic carbocycles. The van der Waals surface area contributed by atoms with Crippen molar-refractivity contribution >= 4 is 11.7 Å². The van der Waals surface area contributed by atoms with Gasteiger partial charge >= 0.3 is 0 Å². The van der Waals surface area contributed by atoms with Crippen molar-refractivity contribution in [3.05, 3.63) is 47.7 Å². The topological polar surface area (TPSA) is 91.5 Å². The van der Waals surface area contributed by atoms with Crippen molar-refractivity contribution in [2.45, 2.75) is 25.5 Å². The fourth-order valence-electron chi connectivity index (χ4n) is 3.19. The van der Waals surface area contributed by atoms with E-state index in [0.717, 1.165) is 43.6 Å². The first-order chi connectivity index (χ1) is 12.1. The minimum Gasteiger partial charge on any atom is -0.392 e. The quantitative estimate of drug-likeness (QED) is 0.787. The van der Waals surface area contributed by atoms with Crippen molar-refractivity contribution < 1.29 is 9.90 Å². The minimum absolute atomic E-state index is 0.211. The number of β-amino-alcohol motifs (C(OH)–C–C–N with tert-alkyl or cyclic N) is 1. The van der Waals surface area contributed by atoms with E-state index in [1.54, 1.807) is 19.3 Å². The van der Waals surface area contributed by atoms with Gasteiger partial charge in [0.1, 0.15) is 5.82 Å². The number of carbonyl (C=O) groups excluding carboxylic acids is 1. The number of benzene rings is 1. The molecule has 6 nitrogen and oxygen atoms in total. The van der Waals surface area contributed by atoms with Crippen LogP contribution in [-0.2, 0) is 6.54 Å². The molecular formula is C19H24N4O2. The van der Waals surface area contributed by atoms with Crippen LogP contribution in [0, 0.1) is 0 Å². The van der Waals surface area contributed by atoms with Gasteiger partial charge in [0.15, 0.2) is 0 Å². The number of amides is 1. The average Bonchev–Trinajstić information content (AvgIpc) is 2.62. The molecule has 0 saturated carbocycles. The second-order valence-electron chi connectivity index (χ2n) is 6.46. The lowest BCUT2D eigenvalue weighted by atomic mass is 10.0. The van der Waals surface area contributed by atoms with E-state index in [4.69, 9.17) is 5.73 Å². The monoisotopic (exact) mass is 340 g/mol. The molecule has 1 saturated heterocycles. The predicted octanol–water partition coefficient (Wildman–Crippen LogP) is 1.65. The van der Waals surface area contributed by atoms with Crippen LogP contribution in [0.15, 0.2) is 36.5 Å². The number of pyridine rings is 1. The zero-order valence-corrected chi connectivity index (χ0v) is 14.4. The number of hydrogen-bond acceptors (Lipinski definition) is 5. The Kier molecular flexibility index (Phi) is 5.31. The summed E-state index contributed by atoms with van der Waals surface area (Å²) in [7, 11) is 1.57. The fraction of sp³-hybridized carbons (Fsp3) is 0.368. The molecule has 0 aliphatic carbocycles. The molecule has 132 valence electrons. The molecule has 3 rings (SSSR count). The van der Waals surface area contributed by atoms with Crippen LogP contribution in [-0.4, -0.2) is 47.1 Å². The molecule has 2 aromatic rings. The first-order valence-corrected chi connectivity index (χ1v) is 8.54. The third-order valence-corrected chi connectivity index (χ3v) is 4.56. The summed E-state index contributed by atoms with van der Waals surface area (Å²) in [6, 6.07) is 9.96. The molecule has 0 radical (unpaired) electrons. The zero-order chi connectivity index (χ0) is 17.8. The molecule has 0 bridgehead atoms. The fourth-order valence-corrected chi connectivity index (χ4v) is 3.19. The van der Waals surface area contributed by atoms with Gasteiger partial charge in [-0.3, -0.25) is 9.69 Å². The second-order valence-corrected chi connectivity index (χ2v) is 6.46. The molecule has 1 amide bonds. The third kappa shape index (κ3) is 4.15. The highest BCUT2D eigenvalue weighted by Crippen LogP contribution is 2.23. The lowest BCUT2D eigenvalue weighted by molar-refractivity contribution is 0.0668. The molecule has 25 heavy (non-hydrogen) atoms. The molecule has 1 aliphatic heterocycles. The number of nitrogens with one attached hydrogen (secondary N) is 1. The van der Waals surface area contributed by atoms with E-state index in [2.05, 4.69) is 27.3 Å². The van der Waals surface area contributed by atoms with E-state index < -0.39 is 0 Å². The second kappa shape index (κ2) is 7.63. The summed E-state index contributed by atoms with van der Waals surface area (Å²) in [5, 5.41) is 12.3. The normalized spacial score (nSPS) is 18.1. The average molecular weight is 340 g/mol. The minimum atomic E-state index is -0.243. The Morgan fingerprint density at radius 3 is 2.80 bits per heavy atom. The van der Waals surface area contributed by atoms with Crippen molar-refractivity contribution in [1.82, 2.24) is 15.2 Å². The molecule has 6 heteroatoms. The number of aliphatic hydroxyl groups is 1. The van der Waals surface area contributed by atoms with Gasteiger partial charge in [0.05, 0.1) is 11.7 Å².